The molecule has 0 spiro atoms. The van der Waals surface area contributed by atoms with Crippen LogP contribution >= 0.6 is 12.2 Å². The quantitative estimate of drug-likeness (QED) is 0.388. The zero-order chi connectivity index (χ0) is 23.0. The molecule has 1 aliphatic carbocycles. The van der Waals surface area contributed by atoms with Crippen molar-refractivity contribution in [1.82, 2.24) is 10.6 Å². The fourth-order valence-electron chi connectivity index (χ4n) is 3.82. The van der Waals surface area contributed by atoms with Gasteiger partial charge in [-0.25, -0.2) is 4.79 Å². The Hall–Kier alpha value is -3.71. The molecule has 6 nitrogen and oxygen atoms in total. The van der Waals surface area contributed by atoms with Gasteiger partial charge >= 0.3 is 12.1 Å². The molecular weight excluding hydrogens is 436 g/mol. The van der Waals surface area contributed by atoms with Gasteiger partial charge in [-0.15, -0.1) is 0 Å². The molecule has 7 heteroatoms. The van der Waals surface area contributed by atoms with Crippen molar-refractivity contribution in [1.29, 1.82) is 0 Å². The highest BCUT2D eigenvalue weighted by Crippen LogP contribution is 2.44. The fraction of sp³-hybridized carbons (Fsp3) is 0.192. The van der Waals surface area contributed by atoms with Gasteiger partial charge in [-0.3, -0.25) is 4.79 Å². The van der Waals surface area contributed by atoms with Crippen molar-refractivity contribution in [2.24, 2.45) is 0 Å². The summed E-state index contributed by atoms with van der Waals surface area (Å²) in [6, 6.07) is 25.7. The predicted octanol–water partition coefficient (Wildman–Crippen LogP) is 4.19. The summed E-state index contributed by atoms with van der Waals surface area (Å²) >= 11 is 5.17. The lowest BCUT2D eigenvalue weighted by Gasteiger charge is -2.15. The summed E-state index contributed by atoms with van der Waals surface area (Å²) in [5, 5.41) is 5.40. The molecule has 0 aromatic heterocycles. The first kappa shape index (κ1) is 22.5. The van der Waals surface area contributed by atoms with E-state index in [-0.39, 0.29) is 32.2 Å². The van der Waals surface area contributed by atoms with Gasteiger partial charge in [-0.2, -0.15) is 0 Å². The molecule has 0 atom stereocenters. The zero-order valence-corrected chi connectivity index (χ0v) is 18.8. The number of benzene rings is 3. The maximum Gasteiger partial charge on any atom is 0.407 e. The van der Waals surface area contributed by atoms with Crippen LogP contribution in [0.4, 0.5) is 4.79 Å². The number of carbonyl (C=O) groups is 2. The van der Waals surface area contributed by atoms with Crippen LogP contribution in [0.1, 0.15) is 22.6 Å². The van der Waals surface area contributed by atoms with Gasteiger partial charge in [0.15, 0.2) is 0 Å². The van der Waals surface area contributed by atoms with Crippen molar-refractivity contribution in [2.75, 3.05) is 19.7 Å². The van der Waals surface area contributed by atoms with E-state index in [9.17, 15) is 9.59 Å². The van der Waals surface area contributed by atoms with Crippen molar-refractivity contribution < 1.29 is 19.1 Å². The molecule has 0 saturated heterocycles. The molecule has 0 saturated carbocycles. The maximum absolute atomic E-state index is 12.2. The fourth-order valence-corrected chi connectivity index (χ4v) is 3.97. The Morgan fingerprint density at radius 3 is 2.03 bits per heavy atom. The first-order valence-electron chi connectivity index (χ1n) is 10.7. The minimum absolute atomic E-state index is 0.00684. The van der Waals surface area contributed by atoms with Gasteiger partial charge < -0.3 is 20.1 Å². The lowest BCUT2D eigenvalue weighted by Crippen LogP contribution is -2.38. The number of fused-ring (bicyclic) bond motifs is 3. The Bertz CT molecular complexity index is 1100. The summed E-state index contributed by atoms with van der Waals surface area (Å²) in [4.78, 5) is 24.4. The Kier molecular flexibility index (Phi) is 7.32. The van der Waals surface area contributed by atoms with Crippen LogP contribution in [0.2, 0.25) is 0 Å². The van der Waals surface area contributed by atoms with Crippen LogP contribution in [-0.2, 0) is 20.9 Å². The van der Waals surface area contributed by atoms with E-state index in [0.717, 1.165) is 16.7 Å². The molecule has 3 aromatic carbocycles. The number of hydrogen-bond acceptors (Lipinski definition) is 5. The van der Waals surface area contributed by atoms with E-state index in [1.165, 1.54) is 11.1 Å². The van der Waals surface area contributed by atoms with Gasteiger partial charge in [0.05, 0.1) is 11.5 Å². The van der Waals surface area contributed by atoms with E-state index >= 15 is 0 Å². The maximum atomic E-state index is 12.2. The normalized spacial score (nSPS) is 11.8. The van der Waals surface area contributed by atoms with Gasteiger partial charge in [-0.1, -0.05) is 91.1 Å². The molecule has 33 heavy (non-hydrogen) atoms. The summed E-state index contributed by atoms with van der Waals surface area (Å²) in [5.74, 6) is -0.435. The Morgan fingerprint density at radius 2 is 1.36 bits per heavy atom. The third-order valence-corrected chi connectivity index (χ3v) is 5.70. The van der Waals surface area contributed by atoms with Crippen molar-refractivity contribution in [3.05, 3.63) is 95.6 Å². The molecule has 0 heterocycles. The summed E-state index contributed by atoms with van der Waals surface area (Å²) in [6.07, 6.45) is -0.562. The molecule has 1 amide bonds. The standard InChI is InChI=1S/C26H24N2O4S/c29-25(31-16-18-8-2-1-3-9-18)15-27-24(33)14-28-26(30)32-17-23-21-12-6-4-10-19(21)20-11-5-7-13-22(20)23/h1-13,23H,14-17H2,(H,27,33)(H,28,30). The van der Waals surface area contributed by atoms with E-state index in [4.69, 9.17) is 21.7 Å². The van der Waals surface area contributed by atoms with Crippen LogP contribution in [0, 0.1) is 0 Å². The largest absolute Gasteiger partial charge is 0.460 e. The van der Waals surface area contributed by atoms with Gasteiger partial charge in [0.2, 0.25) is 0 Å². The molecular formula is C26H24N2O4S. The third kappa shape index (κ3) is 5.75. The number of carbonyl (C=O) groups excluding carboxylic acids is 2. The zero-order valence-electron chi connectivity index (χ0n) is 18.0. The number of thiocarbonyl (C=S) groups is 1. The van der Waals surface area contributed by atoms with E-state index in [0.29, 0.717) is 4.99 Å². The molecule has 168 valence electrons. The van der Waals surface area contributed by atoms with Gasteiger partial charge in [0, 0.05) is 5.92 Å². The van der Waals surface area contributed by atoms with Gasteiger partial charge in [0.1, 0.15) is 19.8 Å². The average molecular weight is 461 g/mol. The SMILES string of the molecule is O=C(CNC(=S)CNC(=O)OCC1c2ccccc2-c2ccccc21)OCc1ccccc1. The summed E-state index contributed by atoms with van der Waals surface area (Å²) in [6.45, 7) is 0.425. The molecule has 3 aromatic rings. The smallest absolute Gasteiger partial charge is 0.407 e. The minimum Gasteiger partial charge on any atom is -0.460 e. The van der Waals surface area contributed by atoms with Crippen molar-refractivity contribution in [3.63, 3.8) is 0 Å². The van der Waals surface area contributed by atoms with Gasteiger partial charge in [-0.05, 0) is 27.8 Å². The minimum atomic E-state index is -0.562. The first-order chi connectivity index (χ1) is 16.1. The Labute approximate surface area is 197 Å². The van der Waals surface area contributed by atoms with Crippen molar-refractivity contribution in [3.8, 4) is 11.1 Å². The number of alkyl carbamates (subject to hydrolysis) is 1. The van der Waals surface area contributed by atoms with Crippen LogP contribution < -0.4 is 10.6 Å². The second kappa shape index (κ2) is 10.7. The summed E-state index contributed by atoms with van der Waals surface area (Å²) in [7, 11) is 0. The number of hydrogen-bond donors (Lipinski definition) is 2. The lowest BCUT2D eigenvalue weighted by atomic mass is 9.98. The first-order valence-corrected chi connectivity index (χ1v) is 11.1. The van der Waals surface area contributed by atoms with Crippen LogP contribution in [0.5, 0.6) is 0 Å². The van der Waals surface area contributed by atoms with E-state index in [2.05, 4.69) is 34.9 Å². The highest BCUT2D eigenvalue weighted by molar-refractivity contribution is 7.80. The molecule has 4 rings (SSSR count). The van der Waals surface area contributed by atoms with Crippen LogP contribution in [0.3, 0.4) is 0 Å². The second-order valence-electron chi connectivity index (χ2n) is 7.60. The summed E-state index contributed by atoms with van der Waals surface area (Å²) < 4.78 is 10.7. The lowest BCUT2D eigenvalue weighted by molar-refractivity contribution is -0.143. The van der Waals surface area contributed by atoms with Gasteiger partial charge in [0.25, 0.3) is 0 Å². The molecule has 0 radical (unpaired) electrons. The Morgan fingerprint density at radius 1 is 0.758 bits per heavy atom. The molecule has 2 N–H and O–H groups in total. The third-order valence-electron chi connectivity index (χ3n) is 5.41. The van der Waals surface area contributed by atoms with Crippen molar-refractivity contribution in [2.45, 2.75) is 12.5 Å². The number of rotatable bonds is 8. The van der Waals surface area contributed by atoms with E-state index < -0.39 is 12.1 Å². The topological polar surface area (TPSA) is 76.7 Å². The Balaban J connectivity index is 1.18. The van der Waals surface area contributed by atoms with E-state index in [1.54, 1.807) is 0 Å². The molecule has 0 fully saturated rings. The molecule has 0 bridgehead atoms. The number of nitrogens with one attached hydrogen (secondary N) is 2. The van der Waals surface area contributed by atoms with Crippen LogP contribution in [-0.4, -0.2) is 36.7 Å². The molecule has 0 unspecified atom stereocenters. The van der Waals surface area contributed by atoms with Crippen LogP contribution in [0.15, 0.2) is 78.9 Å². The predicted molar refractivity (Wildman–Crippen MR) is 130 cm³/mol. The number of esters is 1. The molecule has 1 aliphatic rings. The van der Waals surface area contributed by atoms with Crippen LogP contribution in [0.25, 0.3) is 11.1 Å². The van der Waals surface area contributed by atoms with Crippen molar-refractivity contribution >= 4 is 29.3 Å². The average Bonchev–Trinajstić information content (AvgIpc) is 3.18. The second-order valence-corrected chi connectivity index (χ2v) is 8.09. The number of ether oxygens (including phenoxy) is 2. The monoisotopic (exact) mass is 460 g/mol. The summed E-state index contributed by atoms with van der Waals surface area (Å²) in [5.41, 5.74) is 5.55. The number of amides is 1. The van der Waals surface area contributed by atoms with E-state index in [1.807, 2.05) is 54.6 Å². The highest BCUT2D eigenvalue weighted by atomic mass is 32.1. The molecule has 0 aliphatic heterocycles. The highest BCUT2D eigenvalue weighted by Gasteiger charge is 2.28.